The summed E-state index contributed by atoms with van der Waals surface area (Å²) in [6.45, 7) is 8.59. The molecule has 3 heteroatoms. The Morgan fingerprint density at radius 2 is 1.61 bits per heavy atom. The monoisotopic (exact) mass is 250 g/mol. The van der Waals surface area contributed by atoms with Crippen molar-refractivity contribution in [2.24, 2.45) is 0 Å². The van der Waals surface area contributed by atoms with Gasteiger partial charge in [-0.3, -0.25) is 4.79 Å². The summed E-state index contributed by atoms with van der Waals surface area (Å²) in [5, 5.41) is 0. The highest BCUT2D eigenvalue weighted by atomic mass is 16.7. The molecule has 100 valence electrons. The lowest BCUT2D eigenvalue weighted by molar-refractivity contribution is 0.0494. The van der Waals surface area contributed by atoms with Crippen molar-refractivity contribution in [3.63, 3.8) is 0 Å². The summed E-state index contributed by atoms with van der Waals surface area (Å²) in [7, 11) is 1.60. The van der Waals surface area contributed by atoms with E-state index in [-0.39, 0.29) is 6.79 Å². The maximum absolute atomic E-state index is 11.0. The molecule has 18 heavy (non-hydrogen) atoms. The minimum Gasteiger partial charge on any atom is -0.467 e. The van der Waals surface area contributed by atoms with Gasteiger partial charge in [-0.2, -0.15) is 0 Å². The highest BCUT2D eigenvalue weighted by Crippen LogP contribution is 2.35. The molecule has 1 aromatic carbocycles. The summed E-state index contributed by atoms with van der Waals surface area (Å²) in [4.78, 5) is 11.0. The van der Waals surface area contributed by atoms with E-state index in [9.17, 15) is 4.79 Å². The normalized spacial score (nSPS) is 11.1. The number of carbonyl (C=O) groups excluding carboxylic acids is 1. The van der Waals surface area contributed by atoms with Gasteiger partial charge in [0.25, 0.3) is 0 Å². The van der Waals surface area contributed by atoms with E-state index in [1.54, 1.807) is 7.11 Å². The van der Waals surface area contributed by atoms with E-state index < -0.39 is 0 Å². The van der Waals surface area contributed by atoms with Gasteiger partial charge in [-0.15, -0.1) is 0 Å². The van der Waals surface area contributed by atoms with Gasteiger partial charge >= 0.3 is 0 Å². The molecule has 1 rings (SSSR count). The average Bonchev–Trinajstić information content (AvgIpc) is 2.34. The van der Waals surface area contributed by atoms with Crippen LogP contribution >= 0.6 is 0 Å². The fourth-order valence-electron chi connectivity index (χ4n) is 1.91. The maximum Gasteiger partial charge on any atom is 0.188 e. The van der Waals surface area contributed by atoms with E-state index in [1.165, 1.54) is 0 Å². The predicted octanol–water partition coefficient (Wildman–Crippen LogP) is 3.73. The fourth-order valence-corrected chi connectivity index (χ4v) is 1.91. The van der Waals surface area contributed by atoms with Gasteiger partial charge in [0.1, 0.15) is 12.0 Å². The number of ether oxygens (including phenoxy) is 2. The molecule has 0 aliphatic rings. The molecular weight excluding hydrogens is 228 g/mol. The van der Waals surface area contributed by atoms with Gasteiger partial charge in [-0.1, -0.05) is 27.7 Å². The van der Waals surface area contributed by atoms with Crippen molar-refractivity contribution in [2.45, 2.75) is 39.5 Å². The van der Waals surface area contributed by atoms with Crippen LogP contribution in [0.15, 0.2) is 12.1 Å². The van der Waals surface area contributed by atoms with Gasteiger partial charge in [-0.25, -0.2) is 0 Å². The lowest BCUT2D eigenvalue weighted by Gasteiger charge is -2.20. The summed E-state index contributed by atoms with van der Waals surface area (Å²) in [6, 6.07) is 3.79. The Labute approximate surface area is 109 Å². The highest BCUT2D eigenvalue weighted by Gasteiger charge is 2.17. The van der Waals surface area contributed by atoms with Gasteiger partial charge in [-0.05, 0) is 35.1 Å². The number of rotatable bonds is 6. The number of benzene rings is 1. The van der Waals surface area contributed by atoms with E-state index in [1.807, 2.05) is 12.1 Å². The number of hydrogen-bond donors (Lipinski definition) is 0. The molecule has 0 heterocycles. The van der Waals surface area contributed by atoms with Gasteiger partial charge in [0.15, 0.2) is 6.79 Å². The first-order valence-electron chi connectivity index (χ1n) is 6.26. The third-order valence-corrected chi connectivity index (χ3v) is 2.87. The maximum atomic E-state index is 11.0. The third kappa shape index (κ3) is 3.33. The molecule has 3 nitrogen and oxygen atoms in total. The summed E-state index contributed by atoms with van der Waals surface area (Å²) in [5.41, 5.74) is 2.81. The molecule has 0 atom stereocenters. The van der Waals surface area contributed by atoms with Crippen LogP contribution in [0.1, 0.15) is 61.0 Å². The van der Waals surface area contributed by atoms with E-state index in [2.05, 4.69) is 27.7 Å². The lowest BCUT2D eigenvalue weighted by Crippen LogP contribution is -2.07. The fraction of sp³-hybridized carbons (Fsp3) is 0.533. The number of methoxy groups -OCH3 is 1. The summed E-state index contributed by atoms with van der Waals surface area (Å²) < 4.78 is 10.7. The molecule has 0 amide bonds. The largest absolute Gasteiger partial charge is 0.467 e. The molecule has 1 aromatic rings. The average molecular weight is 250 g/mol. The lowest BCUT2D eigenvalue weighted by atomic mass is 9.92. The molecule has 0 bridgehead atoms. The van der Waals surface area contributed by atoms with Crippen LogP contribution in [-0.4, -0.2) is 20.2 Å². The van der Waals surface area contributed by atoms with E-state index >= 15 is 0 Å². The standard InChI is InChI=1S/C15H22O3/c1-10(2)13-6-12(8-16)7-14(11(3)4)15(13)18-9-17-5/h6-8,10-11H,9H2,1-5H3. The quantitative estimate of drug-likeness (QED) is 0.570. The summed E-state index contributed by atoms with van der Waals surface area (Å²) in [6.07, 6.45) is 0.887. The zero-order chi connectivity index (χ0) is 13.7. The third-order valence-electron chi connectivity index (χ3n) is 2.87. The second-order valence-electron chi connectivity index (χ2n) is 5.01. The Hall–Kier alpha value is -1.35. The number of aldehydes is 1. The Balaban J connectivity index is 3.35. The molecular formula is C15H22O3. The van der Waals surface area contributed by atoms with Crippen LogP contribution in [-0.2, 0) is 4.74 Å². The zero-order valence-electron chi connectivity index (χ0n) is 11.8. The Bertz CT molecular complexity index is 379. The van der Waals surface area contributed by atoms with Crippen molar-refractivity contribution < 1.29 is 14.3 Å². The molecule has 0 aliphatic carbocycles. The Kier molecular flexibility index (Phi) is 5.35. The first kappa shape index (κ1) is 14.7. The SMILES string of the molecule is COCOc1c(C(C)C)cc(C=O)cc1C(C)C. The van der Waals surface area contributed by atoms with Gasteiger partial charge in [0.05, 0.1) is 0 Å². The topological polar surface area (TPSA) is 35.5 Å². The molecule has 0 spiro atoms. The molecule has 0 radical (unpaired) electrons. The highest BCUT2D eigenvalue weighted by molar-refractivity contribution is 5.77. The van der Waals surface area contributed by atoms with Gasteiger partial charge in [0.2, 0.25) is 0 Å². The van der Waals surface area contributed by atoms with Crippen LogP contribution in [0, 0.1) is 0 Å². The Morgan fingerprint density at radius 1 is 1.11 bits per heavy atom. The Morgan fingerprint density at radius 3 is 1.94 bits per heavy atom. The van der Waals surface area contributed by atoms with Gasteiger partial charge < -0.3 is 9.47 Å². The molecule has 0 saturated heterocycles. The van der Waals surface area contributed by atoms with Crippen molar-refractivity contribution in [1.82, 2.24) is 0 Å². The molecule has 0 unspecified atom stereocenters. The summed E-state index contributed by atoms with van der Waals surface area (Å²) >= 11 is 0. The van der Waals surface area contributed by atoms with E-state index in [0.717, 1.165) is 23.2 Å². The van der Waals surface area contributed by atoms with Crippen molar-refractivity contribution in [2.75, 3.05) is 13.9 Å². The summed E-state index contributed by atoms with van der Waals surface area (Å²) in [5.74, 6) is 1.45. The van der Waals surface area contributed by atoms with Crippen molar-refractivity contribution in [3.05, 3.63) is 28.8 Å². The van der Waals surface area contributed by atoms with Crippen molar-refractivity contribution in [3.8, 4) is 5.75 Å². The van der Waals surface area contributed by atoms with E-state index in [4.69, 9.17) is 9.47 Å². The predicted molar refractivity (Wildman–Crippen MR) is 72.5 cm³/mol. The van der Waals surface area contributed by atoms with Crippen LogP contribution in [0.2, 0.25) is 0 Å². The van der Waals surface area contributed by atoms with Crippen LogP contribution in [0.5, 0.6) is 5.75 Å². The van der Waals surface area contributed by atoms with Crippen molar-refractivity contribution in [1.29, 1.82) is 0 Å². The van der Waals surface area contributed by atoms with Crippen LogP contribution in [0.4, 0.5) is 0 Å². The zero-order valence-corrected chi connectivity index (χ0v) is 11.8. The molecule has 0 aliphatic heterocycles. The minimum absolute atomic E-state index is 0.222. The minimum atomic E-state index is 0.222. The first-order valence-corrected chi connectivity index (χ1v) is 6.26. The van der Waals surface area contributed by atoms with Crippen molar-refractivity contribution >= 4 is 6.29 Å². The molecule has 0 aromatic heterocycles. The molecule has 0 fully saturated rings. The second kappa shape index (κ2) is 6.55. The van der Waals surface area contributed by atoms with E-state index in [0.29, 0.717) is 17.4 Å². The molecule has 0 N–H and O–H groups in total. The van der Waals surface area contributed by atoms with Crippen LogP contribution < -0.4 is 4.74 Å². The smallest absolute Gasteiger partial charge is 0.188 e. The van der Waals surface area contributed by atoms with Crippen LogP contribution in [0.3, 0.4) is 0 Å². The van der Waals surface area contributed by atoms with Gasteiger partial charge in [0, 0.05) is 12.7 Å². The molecule has 0 saturated carbocycles. The first-order chi connectivity index (χ1) is 8.51. The second-order valence-corrected chi connectivity index (χ2v) is 5.01. The number of hydrogen-bond acceptors (Lipinski definition) is 3. The number of carbonyl (C=O) groups is 1. The van der Waals surface area contributed by atoms with Crippen LogP contribution in [0.25, 0.3) is 0 Å².